The SMILES string of the molecule is CCN(CC)c1ccc(S(=O)(=O)N2CCOCC2)cc1NC(=O)CCN1CCSC1=O. The predicted octanol–water partition coefficient (Wildman–Crippen LogP) is 2.05. The van der Waals surface area contributed by atoms with Crippen LogP contribution in [0.3, 0.4) is 0 Å². The highest BCUT2D eigenvalue weighted by Gasteiger charge is 2.28. The molecule has 2 saturated heterocycles. The average Bonchev–Trinajstić information content (AvgIpc) is 3.19. The molecular weight excluding hydrogens is 440 g/mol. The van der Waals surface area contributed by atoms with Gasteiger partial charge in [-0.1, -0.05) is 11.8 Å². The number of hydrogen-bond donors (Lipinski definition) is 1. The third-order valence-electron chi connectivity index (χ3n) is 5.41. The summed E-state index contributed by atoms with van der Waals surface area (Å²) in [7, 11) is -3.68. The van der Waals surface area contributed by atoms with Crippen LogP contribution in [0.15, 0.2) is 23.1 Å². The van der Waals surface area contributed by atoms with Gasteiger partial charge < -0.3 is 19.9 Å². The molecule has 2 aliphatic heterocycles. The smallest absolute Gasteiger partial charge is 0.281 e. The molecular formula is C20H30N4O5S2. The number of benzene rings is 1. The van der Waals surface area contributed by atoms with Crippen molar-refractivity contribution in [2.24, 2.45) is 0 Å². The van der Waals surface area contributed by atoms with Gasteiger partial charge in [-0.3, -0.25) is 9.59 Å². The van der Waals surface area contributed by atoms with E-state index in [1.54, 1.807) is 17.0 Å². The maximum atomic E-state index is 13.1. The van der Waals surface area contributed by atoms with Crippen LogP contribution in [0.4, 0.5) is 16.2 Å². The number of ether oxygens (including phenoxy) is 1. The normalized spacial score (nSPS) is 17.7. The number of nitrogens with one attached hydrogen (secondary N) is 1. The molecule has 0 spiro atoms. The third-order valence-corrected chi connectivity index (χ3v) is 8.19. The molecule has 3 rings (SSSR count). The molecule has 0 atom stereocenters. The fraction of sp³-hybridized carbons (Fsp3) is 0.600. The van der Waals surface area contributed by atoms with Crippen molar-refractivity contribution < 1.29 is 22.7 Å². The maximum absolute atomic E-state index is 13.1. The standard InChI is InChI=1S/C20H30N4O5S2/c1-3-22(4-2)18-6-5-16(31(27,28)24-9-12-29-13-10-24)15-17(18)21-19(25)7-8-23-11-14-30-20(23)26/h5-6,15H,3-4,7-14H2,1-2H3,(H,21,25). The molecule has 2 aliphatic rings. The molecule has 0 unspecified atom stereocenters. The van der Waals surface area contributed by atoms with Crippen LogP contribution < -0.4 is 10.2 Å². The number of sulfonamides is 1. The Balaban J connectivity index is 1.81. The number of thioether (sulfide) groups is 1. The fourth-order valence-corrected chi connectivity index (χ4v) is 5.92. The number of amides is 2. The zero-order chi connectivity index (χ0) is 22.4. The minimum Gasteiger partial charge on any atom is -0.379 e. The van der Waals surface area contributed by atoms with E-state index in [0.29, 0.717) is 58.2 Å². The molecule has 0 bridgehead atoms. The molecule has 11 heteroatoms. The van der Waals surface area contributed by atoms with E-state index in [1.807, 2.05) is 13.8 Å². The largest absolute Gasteiger partial charge is 0.379 e. The Bertz CT molecular complexity index is 899. The first-order valence-electron chi connectivity index (χ1n) is 10.5. The zero-order valence-electron chi connectivity index (χ0n) is 18.0. The third kappa shape index (κ3) is 5.71. The second-order valence-electron chi connectivity index (χ2n) is 7.27. The van der Waals surface area contributed by atoms with Gasteiger partial charge in [0.05, 0.1) is 29.5 Å². The van der Waals surface area contributed by atoms with Crippen molar-refractivity contribution in [3.05, 3.63) is 18.2 Å². The quantitative estimate of drug-likeness (QED) is 0.590. The number of rotatable bonds is 9. The van der Waals surface area contributed by atoms with Gasteiger partial charge >= 0.3 is 0 Å². The van der Waals surface area contributed by atoms with Crippen molar-refractivity contribution >= 4 is 44.3 Å². The van der Waals surface area contributed by atoms with E-state index in [9.17, 15) is 18.0 Å². The van der Waals surface area contributed by atoms with Crippen LogP contribution in [0.1, 0.15) is 20.3 Å². The predicted molar refractivity (Wildman–Crippen MR) is 122 cm³/mol. The van der Waals surface area contributed by atoms with Crippen LogP contribution in [0.5, 0.6) is 0 Å². The topological polar surface area (TPSA) is 99.3 Å². The lowest BCUT2D eigenvalue weighted by Crippen LogP contribution is -2.40. The summed E-state index contributed by atoms with van der Waals surface area (Å²) in [5.41, 5.74) is 1.23. The van der Waals surface area contributed by atoms with Gasteiger partial charge in [-0.2, -0.15) is 4.31 Å². The van der Waals surface area contributed by atoms with E-state index in [0.717, 1.165) is 11.4 Å². The van der Waals surface area contributed by atoms with Crippen molar-refractivity contribution in [2.45, 2.75) is 25.2 Å². The summed E-state index contributed by atoms with van der Waals surface area (Å²) in [5.74, 6) is 0.493. The summed E-state index contributed by atoms with van der Waals surface area (Å²) in [6.07, 6.45) is 0.157. The van der Waals surface area contributed by atoms with Gasteiger partial charge in [0.2, 0.25) is 15.9 Å². The Labute approximate surface area is 188 Å². The van der Waals surface area contributed by atoms with E-state index in [-0.39, 0.29) is 22.5 Å². The Morgan fingerprint density at radius 3 is 2.52 bits per heavy atom. The van der Waals surface area contributed by atoms with Crippen molar-refractivity contribution in [1.29, 1.82) is 0 Å². The number of morpholine rings is 1. The molecule has 0 aliphatic carbocycles. The Morgan fingerprint density at radius 2 is 1.90 bits per heavy atom. The summed E-state index contributed by atoms with van der Waals surface area (Å²) in [5, 5.41) is 2.88. The molecule has 1 N–H and O–H groups in total. The first kappa shape index (κ1) is 23.8. The monoisotopic (exact) mass is 470 g/mol. The Kier molecular flexibility index (Phi) is 8.20. The van der Waals surface area contributed by atoms with Crippen molar-refractivity contribution in [1.82, 2.24) is 9.21 Å². The van der Waals surface area contributed by atoms with Crippen molar-refractivity contribution in [2.75, 3.05) is 68.5 Å². The van der Waals surface area contributed by atoms with Crippen LogP contribution >= 0.6 is 11.8 Å². The average molecular weight is 471 g/mol. The van der Waals surface area contributed by atoms with Gasteiger partial charge in [-0.15, -0.1) is 0 Å². The lowest BCUT2D eigenvalue weighted by molar-refractivity contribution is -0.116. The number of carbonyl (C=O) groups excluding carboxylic acids is 2. The van der Waals surface area contributed by atoms with Crippen LogP contribution in [-0.4, -0.2) is 87.0 Å². The molecule has 0 aromatic heterocycles. The van der Waals surface area contributed by atoms with Gasteiger partial charge in [0.15, 0.2) is 0 Å². The van der Waals surface area contributed by atoms with Gasteiger partial charge in [0.1, 0.15) is 0 Å². The molecule has 2 fully saturated rings. The van der Waals surface area contributed by atoms with Gasteiger partial charge in [-0.25, -0.2) is 8.42 Å². The minimum absolute atomic E-state index is 0.00441. The highest BCUT2D eigenvalue weighted by molar-refractivity contribution is 8.13. The number of hydrogen-bond acceptors (Lipinski definition) is 7. The number of carbonyl (C=O) groups is 2. The summed E-state index contributed by atoms with van der Waals surface area (Å²) >= 11 is 1.26. The lowest BCUT2D eigenvalue weighted by atomic mass is 10.2. The molecule has 0 saturated carbocycles. The molecule has 0 radical (unpaired) electrons. The second kappa shape index (κ2) is 10.7. The van der Waals surface area contributed by atoms with Crippen LogP contribution in [-0.2, 0) is 19.6 Å². The Hall–Kier alpha value is -1.82. The first-order valence-corrected chi connectivity index (χ1v) is 13.0. The molecule has 31 heavy (non-hydrogen) atoms. The Morgan fingerprint density at radius 1 is 1.19 bits per heavy atom. The van der Waals surface area contributed by atoms with Crippen molar-refractivity contribution in [3.8, 4) is 0 Å². The van der Waals surface area contributed by atoms with E-state index in [4.69, 9.17) is 4.74 Å². The maximum Gasteiger partial charge on any atom is 0.281 e. The first-order chi connectivity index (χ1) is 14.9. The molecule has 2 heterocycles. The molecule has 1 aromatic carbocycles. The summed E-state index contributed by atoms with van der Waals surface area (Å²) in [6, 6.07) is 4.87. The highest BCUT2D eigenvalue weighted by Crippen LogP contribution is 2.31. The molecule has 172 valence electrons. The molecule has 1 aromatic rings. The second-order valence-corrected chi connectivity index (χ2v) is 10.3. The number of anilines is 2. The van der Waals surface area contributed by atoms with Gasteiger partial charge in [-0.05, 0) is 32.0 Å². The van der Waals surface area contributed by atoms with Crippen LogP contribution in [0.2, 0.25) is 0 Å². The van der Waals surface area contributed by atoms with E-state index >= 15 is 0 Å². The molecule has 2 amide bonds. The summed E-state index contributed by atoms with van der Waals surface area (Å²) < 4.78 is 32.8. The summed E-state index contributed by atoms with van der Waals surface area (Å²) in [4.78, 5) is 28.2. The fourth-order valence-electron chi connectivity index (χ4n) is 3.63. The van der Waals surface area contributed by atoms with E-state index < -0.39 is 10.0 Å². The van der Waals surface area contributed by atoms with Gasteiger partial charge in [0.25, 0.3) is 5.24 Å². The van der Waals surface area contributed by atoms with Crippen molar-refractivity contribution in [3.63, 3.8) is 0 Å². The lowest BCUT2D eigenvalue weighted by Gasteiger charge is -2.28. The zero-order valence-corrected chi connectivity index (χ0v) is 19.6. The number of nitrogens with zero attached hydrogens (tertiary/aromatic N) is 3. The van der Waals surface area contributed by atoms with E-state index in [1.165, 1.54) is 22.1 Å². The minimum atomic E-state index is -3.68. The van der Waals surface area contributed by atoms with Gasteiger partial charge in [0, 0.05) is 51.4 Å². The molecule has 9 nitrogen and oxygen atoms in total. The summed E-state index contributed by atoms with van der Waals surface area (Å²) in [6.45, 7) is 7.80. The highest BCUT2D eigenvalue weighted by atomic mass is 32.2. The van der Waals surface area contributed by atoms with Crippen LogP contribution in [0, 0.1) is 0 Å². The van der Waals surface area contributed by atoms with Crippen LogP contribution in [0.25, 0.3) is 0 Å². The van der Waals surface area contributed by atoms with E-state index in [2.05, 4.69) is 10.2 Å².